The Morgan fingerprint density at radius 3 is 2.85 bits per heavy atom. The fourth-order valence-corrected chi connectivity index (χ4v) is 1.81. The number of rotatable bonds is 3. The lowest BCUT2D eigenvalue weighted by Gasteiger charge is -2.08. The summed E-state index contributed by atoms with van der Waals surface area (Å²) in [7, 11) is 1.94. The molecule has 1 heterocycles. The van der Waals surface area contributed by atoms with E-state index in [0.29, 0.717) is 0 Å². The highest BCUT2D eigenvalue weighted by molar-refractivity contribution is 5.18. The Morgan fingerprint density at radius 1 is 1.69 bits per heavy atom. The summed E-state index contributed by atoms with van der Waals surface area (Å²) in [6.07, 6.45) is 5.86. The highest BCUT2D eigenvalue weighted by Crippen LogP contribution is 2.36. The van der Waals surface area contributed by atoms with Gasteiger partial charge in [0.15, 0.2) is 0 Å². The summed E-state index contributed by atoms with van der Waals surface area (Å²) >= 11 is 0. The van der Waals surface area contributed by atoms with Crippen LogP contribution in [-0.2, 0) is 7.05 Å². The average molecular weight is 179 g/mol. The number of aromatic nitrogens is 2. The van der Waals surface area contributed by atoms with Gasteiger partial charge in [-0.05, 0) is 24.8 Å². The van der Waals surface area contributed by atoms with Crippen LogP contribution < -0.4 is 5.73 Å². The van der Waals surface area contributed by atoms with Crippen molar-refractivity contribution in [3.05, 3.63) is 17.5 Å². The largest absolute Gasteiger partial charge is 0.323 e. The number of nitrogens with two attached hydrogens (primary N) is 1. The molecule has 13 heavy (non-hydrogen) atoms. The van der Waals surface area contributed by atoms with Crippen molar-refractivity contribution in [2.45, 2.75) is 32.2 Å². The molecule has 0 aliphatic heterocycles. The first-order valence-electron chi connectivity index (χ1n) is 4.92. The van der Waals surface area contributed by atoms with Gasteiger partial charge in [0, 0.05) is 19.3 Å². The second-order valence-corrected chi connectivity index (χ2v) is 4.16. The number of hydrogen-bond acceptors (Lipinski definition) is 2. The highest BCUT2D eigenvalue weighted by Gasteiger charge is 2.26. The molecule has 3 heteroatoms. The third-order valence-corrected chi connectivity index (χ3v) is 2.69. The van der Waals surface area contributed by atoms with Gasteiger partial charge in [0.25, 0.3) is 0 Å². The molecule has 0 saturated heterocycles. The summed E-state index contributed by atoms with van der Waals surface area (Å²) < 4.78 is 1.84. The van der Waals surface area contributed by atoms with Gasteiger partial charge in [0.05, 0.1) is 5.69 Å². The molecule has 0 aromatic carbocycles. The van der Waals surface area contributed by atoms with E-state index in [-0.39, 0.29) is 6.04 Å². The molecule has 1 saturated carbocycles. The molecule has 1 atom stereocenters. The molecular weight excluding hydrogens is 162 g/mol. The van der Waals surface area contributed by atoms with Crippen molar-refractivity contribution < 1.29 is 0 Å². The second kappa shape index (κ2) is 3.14. The maximum absolute atomic E-state index is 6.07. The molecule has 1 aliphatic carbocycles. The van der Waals surface area contributed by atoms with Crippen LogP contribution in [0.2, 0.25) is 0 Å². The molecule has 0 bridgehead atoms. The van der Waals surface area contributed by atoms with Crippen LogP contribution in [0.25, 0.3) is 0 Å². The predicted octanol–water partition coefficient (Wildman–Crippen LogP) is 1.53. The van der Waals surface area contributed by atoms with Crippen molar-refractivity contribution in [1.82, 2.24) is 9.78 Å². The van der Waals surface area contributed by atoms with Crippen molar-refractivity contribution >= 4 is 0 Å². The molecular formula is C10H17N3. The van der Waals surface area contributed by atoms with Gasteiger partial charge in [-0.3, -0.25) is 4.68 Å². The van der Waals surface area contributed by atoms with Crippen LogP contribution >= 0.6 is 0 Å². The van der Waals surface area contributed by atoms with Crippen LogP contribution in [0.5, 0.6) is 0 Å². The molecule has 0 amide bonds. The average Bonchev–Trinajstić information content (AvgIpc) is 2.77. The number of aryl methyl sites for hydroxylation is 2. The molecule has 2 rings (SSSR count). The Hall–Kier alpha value is -0.830. The minimum absolute atomic E-state index is 0.147. The monoisotopic (exact) mass is 179 g/mol. The molecule has 1 fully saturated rings. The molecule has 1 unspecified atom stereocenters. The first-order chi connectivity index (χ1) is 6.16. The topological polar surface area (TPSA) is 43.8 Å². The quantitative estimate of drug-likeness (QED) is 0.764. The van der Waals surface area contributed by atoms with Crippen LogP contribution in [0.15, 0.2) is 6.20 Å². The summed E-state index contributed by atoms with van der Waals surface area (Å²) in [5, 5.41) is 4.38. The molecule has 1 aromatic heterocycles. The Bertz CT molecular complexity index is 299. The van der Waals surface area contributed by atoms with Gasteiger partial charge >= 0.3 is 0 Å². The van der Waals surface area contributed by atoms with E-state index >= 15 is 0 Å². The van der Waals surface area contributed by atoms with Gasteiger partial charge in [-0.15, -0.1) is 0 Å². The fraction of sp³-hybridized carbons (Fsp3) is 0.700. The van der Waals surface area contributed by atoms with E-state index in [9.17, 15) is 0 Å². The normalized spacial score (nSPS) is 19.0. The van der Waals surface area contributed by atoms with E-state index < -0.39 is 0 Å². The number of hydrogen-bond donors (Lipinski definition) is 1. The first kappa shape index (κ1) is 8.75. The Kier molecular flexibility index (Phi) is 2.12. The van der Waals surface area contributed by atoms with Crippen LogP contribution in [0.3, 0.4) is 0 Å². The number of nitrogens with zero attached hydrogens (tertiary/aromatic N) is 2. The zero-order chi connectivity index (χ0) is 9.42. The van der Waals surface area contributed by atoms with Crippen LogP contribution in [0.4, 0.5) is 0 Å². The van der Waals surface area contributed by atoms with Crippen molar-refractivity contribution in [3.8, 4) is 0 Å². The molecule has 1 aromatic rings. The Balaban J connectivity index is 2.08. The Morgan fingerprint density at radius 2 is 2.38 bits per heavy atom. The van der Waals surface area contributed by atoms with Gasteiger partial charge < -0.3 is 5.73 Å². The summed E-state index contributed by atoms with van der Waals surface area (Å²) in [6, 6.07) is 0.147. The lowest BCUT2D eigenvalue weighted by Crippen LogP contribution is -2.13. The molecule has 1 aliphatic rings. The van der Waals surface area contributed by atoms with E-state index in [4.69, 9.17) is 5.73 Å². The van der Waals surface area contributed by atoms with Gasteiger partial charge in [-0.25, -0.2) is 0 Å². The molecule has 2 N–H and O–H groups in total. The van der Waals surface area contributed by atoms with Crippen LogP contribution in [0.1, 0.15) is 36.6 Å². The maximum Gasteiger partial charge on any atom is 0.0820 e. The molecule has 0 spiro atoms. The maximum atomic E-state index is 6.07. The minimum Gasteiger partial charge on any atom is -0.323 e. The fourth-order valence-electron chi connectivity index (χ4n) is 1.81. The SMILES string of the molecule is Cc1cn(C)nc1C(N)CC1CC1. The predicted molar refractivity (Wildman–Crippen MR) is 52.2 cm³/mol. The third kappa shape index (κ3) is 1.91. The Labute approximate surface area is 78.9 Å². The minimum atomic E-state index is 0.147. The van der Waals surface area contributed by atoms with Gasteiger partial charge in [0.2, 0.25) is 0 Å². The van der Waals surface area contributed by atoms with Crippen LogP contribution in [-0.4, -0.2) is 9.78 Å². The van der Waals surface area contributed by atoms with E-state index in [0.717, 1.165) is 18.0 Å². The summed E-state index contributed by atoms with van der Waals surface area (Å²) in [4.78, 5) is 0. The van der Waals surface area contributed by atoms with Gasteiger partial charge in [-0.2, -0.15) is 5.10 Å². The standard InChI is InChI=1S/C10H17N3/c1-7-6-13(2)12-10(7)9(11)5-8-3-4-8/h6,8-9H,3-5,11H2,1-2H3. The van der Waals surface area contributed by atoms with Crippen molar-refractivity contribution in [2.24, 2.45) is 18.7 Å². The molecule has 72 valence electrons. The van der Waals surface area contributed by atoms with Crippen molar-refractivity contribution in [2.75, 3.05) is 0 Å². The first-order valence-corrected chi connectivity index (χ1v) is 4.92. The summed E-state index contributed by atoms with van der Waals surface area (Å²) in [5.74, 6) is 0.872. The molecule has 0 radical (unpaired) electrons. The van der Waals surface area contributed by atoms with Crippen molar-refractivity contribution in [3.63, 3.8) is 0 Å². The van der Waals surface area contributed by atoms with Gasteiger partial charge in [-0.1, -0.05) is 12.8 Å². The summed E-state index contributed by atoms with van der Waals surface area (Å²) in [5.41, 5.74) is 8.37. The summed E-state index contributed by atoms with van der Waals surface area (Å²) in [6.45, 7) is 2.08. The van der Waals surface area contributed by atoms with Crippen LogP contribution in [0, 0.1) is 12.8 Å². The lowest BCUT2D eigenvalue weighted by molar-refractivity contribution is 0.570. The molecule has 3 nitrogen and oxygen atoms in total. The lowest BCUT2D eigenvalue weighted by atomic mass is 10.1. The van der Waals surface area contributed by atoms with E-state index in [1.54, 1.807) is 0 Å². The smallest absolute Gasteiger partial charge is 0.0820 e. The van der Waals surface area contributed by atoms with Gasteiger partial charge in [0.1, 0.15) is 0 Å². The zero-order valence-electron chi connectivity index (χ0n) is 8.33. The van der Waals surface area contributed by atoms with E-state index in [2.05, 4.69) is 12.0 Å². The van der Waals surface area contributed by atoms with E-state index in [1.165, 1.54) is 18.4 Å². The highest BCUT2D eigenvalue weighted by atomic mass is 15.3. The zero-order valence-corrected chi connectivity index (χ0v) is 8.33. The van der Waals surface area contributed by atoms with E-state index in [1.807, 2.05) is 17.9 Å². The van der Waals surface area contributed by atoms with Crippen molar-refractivity contribution in [1.29, 1.82) is 0 Å². The second-order valence-electron chi connectivity index (χ2n) is 4.16. The third-order valence-electron chi connectivity index (χ3n) is 2.69.